The molecular formula is C30H29Cl2N7O3. The van der Waals surface area contributed by atoms with Gasteiger partial charge >= 0.3 is 0 Å². The van der Waals surface area contributed by atoms with Gasteiger partial charge in [0, 0.05) is 41.3 Å². The highest BCUT2D eigenvalue weighted by atomic mass is 35.5. The summed E-state index contributed by atoms with van der Waals surface area (Å²) in [5.41, 5.74) is 10.8. The van der Waals surface area contributed by atoms with Crippen LogP contribution in [0.15, 0.2) is 53.8 Å². The van der Waals surface area contributed by atoms with E-state index in [-0.39, 0.29) is 24.5 Å². The largest absolute Gasteiger partial charge is 0.480 e. The summed E-state index contributed by atoms with van der Waals surface area (Å²) in [6, 6.07) is 10.9. The summed E-state index contributed by atoms with van der Waals surface area (Å²) in [5.74, 6) is 0.732. The van der Waals surface area contributed by atoms with Crippen molar-refractivity contribution in [3.05, 3.63) is 70.2 Å². The Kier molecular flexibility index (Phi) is 8.96. The van der Waals surface area contributed by atoms with Crippen LogP contribution in [0, 0.1) is 0 Å². The average Bonchev–Trinajstić information content (AvgIpc) is 3.41. The highest BCUT2D eigenvalue weighted by Gasteiger charge is 2.21. The van der Waals surface area contributed by atoms with Gasteiger partial charge in [0.1, 0.15) is 18.1 Å². The van der Waals surface area contributed by atoms with Crippen LogP contribution >= 0.6 is 23.2 Å². The Balaban J connectivity index is 1.47. The molecule has 5 rings (SSSR count). The number of carbonyl (C=O) groups excluding carboxylic acids is 1. The van der Waals surface area contributed by atoms with E-state index in [2.05, 4.69) is 24.9 Å². The molecule has 1 amide bonds. The highest BCUT2D eigenvalue weighted by Crippen LogP contribution is 2.42. The quantitative estimate of drug-likeness (QED) is 0.244. The van der Waals surface area contributed by atoms with Crippen LogP contribution < -0.4 is 15.2 Å². The molecule has 1 atom stereocenters. The van der Waals surface area contributed by atoms with Crippen molar-refractivity contribution in [2.45, 2.75) is 25.8 Å². The summed E-state index contributed by atoms with van der Waals surface area (Å²) in [4.78, 5) is 36.1. The van der Waals surface area contributed by atoms with Crippen molar-refractivity contribution in [3.63, 3.8) is 0 Å². The van der Waals surface area contributed by atoms with Gasteiger partial charge in [0.15, 0.2) is 0 Å². The number of amides is 1. The Labute approximate surface area is 253 Å². The molecule has 216 valence electrons. The van der Waals surface area contributed by atoms with E-state index < -0.39 is 0 Å². The molecule has 0 bridgehead atoms. The highest BCUT2D eigenvalue weighted by molar-refractivity contribution is 6.39. The van der Waals surface area contributed by atoms with E-state index in [4.69, 9.17) is 38.4 Å². The van der Waals surface area contributed by atoms with Crippen molar-refractivity contribution in [3.8, 4) is 45.4 Å². The molecule has 42 heavy (non-hydrogen) atoms. The molecule has 1 fully saturated rings. The number of methoxy groups -OCH3 is 2. The van der Waals surface area contributed by atoms with Crippen molar-refractivity contribution in [2.75, 3.05) is 27.4 Å². The number of benzene rings is 2. The van der Waals surface area contributed by atoms with E-state index in [1.165, 1.54) is 14.2 Å². The molecule has 4 aromatic rings. The molecule has 2 aromatic carbocycles. The van der Waals surface area contributed by atoms with Crippen LogP contribution in [-0.2, 0) is 4.79 Å². The second-order valence-electron chi connectivity index (χ2n) is 9.64. The molecular weight excluding hydrogens is 577 g/mol. The lowest BCUT2D eigenvalue weighted by molar-refractivity contribution is -0.127. The van der Waals surface area contributed by atoms with E-state index >= 15 is 0 Å². The molecule has 12 heteroatoms. The molecule has 3 heterocycles. The maximum atomic E-state index is 11.8. The first-order valence-electron chi connectivity index (χ1n) is 13.3. The van der Waals surface area contributed by atoms with Gasteiger partial charge in [0.25, 0.3) is 0 Å². The molecule has 1 saturated heterocycles. The monoisotopic (exact) mass is 605 g/mol. The number of aromatic nitrogens is 4. The lowest BCUT2D eigenvalue weighted by Gasteiger charge is -2.15. The normalized spacial score (nSPS) is 14.0. The van der Waals surface area contributed by atoms with E-state index in [1.54, 1.807) is 23.5 Å². The molecule has 1 aliphatic heterocycles. The van der Waals surface area contributed by atoms with Crippen LogP contribution in [0.5, 0.6) is 11.8 Å². The minimum Gasteiger partial charge on any atom is -0.480 e. The van der Waals surface area contributed by atoms with Gasteiger partial charge in [-0.25, -0.2) is 15.0 Å². The first-order valence-corrected chi connectivity index (χ1v) is 14.0. The Morgan fingerprint density at radius 2 is 1.52 bits per heavy atom. The van der Waals surface area contributed by atoms with Gasteiger partial charge in [-0.2, -0.15) is 0 Å². The number of rotatable bonds is 9. The van der Waals surface area contributed by atoms with Crippen LogP contribution in [0.4, 0.5) is 0 Å². The van der Waals surface area contributed by atoms with Crippen LogP contribution in [-0.4, -0.2) is 64.4 Å². The summed E-state index contributed by atoms with van der Waals surface area (Å²) in [7, 11) is 3.04. The zero-order valence-electron chi connectivity index (χ0n) is 23.3. The summed E-state index contributed by atoms with van der Waals surface area (Å²) < 4.78 is 10.9. The average molecular weight is 607 g/mol. The van der Waals surface area contributed by atoms with Gasteiger partial charge in [-0.3, -0.25) is 14.8 Å². The number of aliphatic imine (C=N–C) groups is 1. The first-order chi connectivity index (χ1) is 20.3. The van der Waals surface area contributed by atoms with E-state index in [1.807, 2.05) is 43.3 Å². The summed E-state index contributed by atoms with van der Waals surface area (Å²) in [6.45, 7) is 2.80. The molecule has 0 unspecified atom stereocenters. The smallest absolute Gasteiger partial charge is 0.241 e. The minimum atomic E-state index is -0.339. The zero-order chi connectivity index (χ0) is 29.8. The van der Waals surface area contributed by atoms with Crippen LogP contribution in [0.3, 0.4) is 0 Å². The molecule has 0 aliphatic carbocycles. The molecule has 2 N–H and O–H groups in total. The van der Waals surface area contributed by atoms with Crippen molar-refractivity contribution in [1.29, 1.82) is 0 Å². The van der Waals surface area contributed by atoms with E-state index in [0.717, 1.165) is 6.42 Å². The maximum Gasteiger partial charge on any atom is 0.241 e. The summed E-state index contributed by atoms with van der Waals surface area (Å²) >= 11 is 13.9. The SMILES string of the molecule is COc1nc(-c2cccc(-c3cccc(-c4cnc([C@@H](C)N)c(OC)n4)c3Cl)c2Cl)cnc1C=NCN1CCCC1=O. The number of ether oxygens (including phenoxy) is 2. The Morgan fingerprint density at radius 3 is 2.07 bits per heavy atom. The van der Waals surface area contributed by atoms with Gasteiger partial charge < -0.3 is 20.1 Å². The van der Waals surface area contributed by atoms with Gasteiger partial charge in [-0.1, -0.05) is 59.6 Å². The van der Waals surface area contributed by atoms with Crippen molar-refractivity contribution >= 4 is 35.3 Å². The first kappa shape index (κ1) is 29.4. The predicted molar refractivity (Wildman–Crippen MR) is 163 cm³/mol. The molecule has 2 aromatic heterocycles. The van der Waals surface area contributed by atoms with Gasteiger partial charge in [0.05, 0.1) is 54.3 Å². The van der Waals surface area contributed by atoms with E-state index in [0.29, 0.717) is 73.9 Å². The number of likely N-dealkylation sites (tertiary alicyclic amines) is 1. The number of halogens is 2. The van der Waals surface area contributed by atoms with Crippen LogP contribution in [0.25, 0.3) is 33.6 Å². The Bertz CT molecular complexity index is 1660. The minimum absolute atomic E-state index is 0.104. The second kappa shape index (κ2) is 12.8. The van der Waals surface area contributed by atoms with Gasteiger partial charge in [-0.05, 0) is 13.3 Å². The Morgan fingerprint density at radius 1 is 0.952 bits per heavy atom. The van der Waals surface area contributed by atoms with Gasteiger partial charge in [-0.15, -0.1) is 0 Å². The lowest BCUT2D eigenvalue weighted by Crippen LogP contribution is -2.24. The summed E-state index contributed by atoms with van der Waals surface area (Å²) in [6.07, 6.45) is 6.21. The van der Waals surface area contributed by atoms with Crippen molar-refractivity contribution in [2.24, 2.45) is 10.7 Å². The predicted octanol–water partition coefficient (Wildman–Crippen LogP) is 5.61. The number of hydrogen-bond donors (Lipinski definition) is 1. The maximum absolute atomic E-state index is 11.8. The Hall–Kier alpha value is -4.12. The third-order valence-corrected chi connectivity index (χ3v) is 7.64. The van der Waals surface area contributed by atoms with Crippen molar-refractivity contribution in [1.82, 2.24) is 24.8 Å². The fraction of sp³-hybridized carbons (Fsp3) is 0.267. The molecule has 0 spiro atoms. The summed E-state index contributed by atoms with van der Waals surface area (Å²) in [5, 5.41) is 0.894. The molecule has 0 saturated carbocycles. The van der Waals surface area contributed by atoms with Crippen LogP contribution in [0.1, 0.15) is 37.2 Å². The fourth-order valence-electron chi connectivity index (χ4n) is 4.68. The standard InChI is InChI=1S/C30H29Cl2N7O3/c1-17(33)28-30(42-3)38-23(15-36-28)21-10-5-8-19(27(21)32)18-7-4-9-20(26(18)31)22-14-35-24(29(37-22)41-2)13-34-16-39-12-6-11-25(39)40/h4-5,7-10,13-15,17H,6,11-12,16,33H2,1-3H3/t17-/m1/s1. The third kappa shape index (κ3) is 5.92. The molecule has 1 aliphatic rings. The number of hydrogen-bond acceptors (Lipinski definition) is 9. The van der Waals surface area contributed by atoms with Crippen molar-refractivity contribution < 1.29 is 14.3 Å². The topological polar surface area (TPSA) is 129 Å². The number of nitrogens with two attached hydrogens (primary N) is 1. The fourth-order valence-corrected chi connectivity index (χ4v) is 5.33. The second-order valence-corrected chi connectivity index (χ2v) is 10.4. The number of carbonyl (C=O) groups is 1. The van der Waals surface area contributed by atoms with Gasteiger partial charge in [0.2, 0.25) is 17.7 Å². The lowest BCUT2D eigenvalue weighted by atomic mass is 9.98. The number of nitrogens with zero attached hydrogens (tertiary/aromatic N) is 6. The molecule has 0 radical (unpaired) electrons. The third-order valence-electron chi connectivity index (χ3n) is 6.83. The van der Waals surface area contributed by atoms with E-state index in [9.17, 15) is 4.79 Å². The zero-order valence-corrected chi connectivity index (χ0v) is 24.9. The van der Waals surface area contributed by atoms with Crippen LogP contribution in [0.2, 0.25) is 10.0 Å². The molecule has 10 nitrogen and oxygen atoms in total.